The number of aromatic nitrogens is 4. The minimum Gasteiger partial charge on any atom is -0.454 e. The zero-order valence-electron chi connectivity index (χ0n) is 25.5. The summed E-state index contributed by atoms with van der Waals surface area (Å²) in [5.41, 5.74) is 6.36. The molecule has 0 radical (unpaired) electrons. The van der Waals surface area contributed by atoms with Gasteiger partial charge in [0.2, 0.25) is 0 Å². The van der Waals surface area contributed by atoms with Crippen molar-refractivity contribution in [1.82, 2.24) is 19.9 Å². The predicted octanol–water partition coefficient (Wildman–Crippen LogP) is 11.4. The zero-order valence-corrected chi connectivity index (χ0v) is 26.3. The molecule has 0 amide bonds. The number of benzene rings is 6. The summed E-state index contributed by atoms with van der Waals surface area (Å²) in [6.07, 6.45) is 3.59. The molecule has 224 valence electrons. The second-order valence-corrected chi connectivity index (χ2v) is 12.9. The van der Waals surface area contributed by atoms with Crippen molar-refractivity contribution in [3.8, 4) is 45.3 Å². The monoisotopic (exact) mass is 632 g/mol. The molecule has 0 saturated carbocycles. The van der Waals surface area contributed by atoms with Crippen LogP contribution in [0.3, 0.4) is 0 Å². The highest BCUT2D eigenvalue weighted by Gasteiger charge is 2.19. The van der Waals surface area contributed by atoms with E-state index in [0.29, 0.717) is 23.1 Å². The molecule has 0 aliphatic carbocycles. The Morgan fingerprint density at radius 2 is 1.12 bits per heavy atom. The summed E-state index contributed by atoms with van der Waals surface area (Å²) < 4.78 is 9.08. The fourth-order valence-electron chi connectivity index (χ4n) is 6.69. The predicted molar refractivity (Wildman–Crippen MR) is 197 cm³/mol. The Bertz CT molecular complexity index is 2780. The Labute approximate surface area is 278 Å². The highest BCUT2D eigenvalue weighted by atomic mass is 32.1. The molecule has 6 heteroatoms. The van der Waals surface area contributed by atoms with Gasteiger partial charge in [0, 0.05) is 53.8 Å². The van der Waals surface area contributed by atoms with Gasteiger partial charge in [-0.05, 0) is 46.2 Å². The van der Waals surface area contributed by atoms with Crippen molar-refractivity contribution in [2.75, 3.05) is 0 Å². The van der Waals surface area contributed by atoms with Gasteiger partial charge >= 0.3 is 0 Å². The fraction of sp³-hybridized carbons (Fsp3) is 0. The van der Waals surface area contributed by atoms with Crippen LogP contribution in [0.15, 0.2) is 150 Å². The Balaban J connectivity index is 1.12. The number of pyridine rings is 1. The molecule has 6 aromatic carbocycles. The number of thiophene rings is 1. The summed E-state index contributed by atoms with van der Waals surface area (Å²) in [5, 5.41) is 7.05. The largest absolute Gasteiger partial charge is 0.454 e. The van der Waals surface area contributed by atoms with Crippen LogP contribution in [0.25, 0.3) is 98.2 Å². The van der Waals surface area contributed by atoms with E-state index in [1.165, 1.54) is 30.9 Å². The molecule has 0 N–H and O–H groups in total. The zero-order chi connectivity index (χ0) is 31.6. The number of hydrogen-bond acceptors (Lipinski definition) is 6. The van der Waals surface area contributed by atoms with E-state index in [-0.39, 0.29) is 0 Å². The summed E-state index contributed by atoms with van der Waals surface area (Å²) in [6, 6.07) is 46.3. The highest BCUT2D eigenvalue weighted by Crippen LogP contribution is 2.41. The van der Waals surface area contributed by atoms with Gasteiger partial charge in [-0.25, -0.2) is 15.0 Å². The molecule has 5 nitrogen and oxygen atoms in total. The topological polar surface area (TPSA) is 64.7 Å². The van der Waals surface area contributed by atoms with E-state index in [9.17, 15) is 0 Å². The molecule has 0 aliphatic rings. The van der Waals surface area contributed by atoms with E-state index >= 15 is 0 Å². The summed E-state index contributed by atoms with van der Waals surface area (Å²) in [7, 11) is 0. The average Bonchev–Trinajstić information content (AvgIpc) is 3.73. The first-order valence-electron chi connectivity index (χ1n) is 15.8. The van der Waals surface area contributed by atoms with E-state index in [0.717, 1.165) is 44.2 Å². The van der Waals surface area contributed by atoms with Gasteiger partial charge < -0.3 is 4.42 Å². The maximum atomic E-state index is 6.47. The smallest absolute Gasteiger partial charge is 0.166 e. The van der Waals surface area contributed by atoms with Crippen LogP contribution in [0, 0.1) is 0 Å². The van der Waals surface area contributed by atoms with Crippen molar-refractivity contribution in [2.45, 2.75) is 0 Å². The molecule has 0 aliphatic heterocycles. The Hall–Kier alpha value is -6.24. The Kier molecular flexibility index (Phi) is 5.98. The molecule has 0 fully saturated rings. The highest BCUT2D eigenvalue weighted by molar-refractivity contribution is 7.26. The van der Waals surface area contributed by atoms with E-state index < -0.39 is 0 Å². The second kappa shape index (κ2) is 10.7. The lowest BCUT2D eigenvalue weighted by Gasteiger charge is -2.09. The van der Waals surface area contributed by atoms with Gasteiger partial charge in [0.25, 0.3) is 0 Å². The van der Waals surface area contributed by atoms with Crippen LogP contribution in [0.4, 0.5) is 0 Å². The summed E-state index contributed by atoms with van der Waals surface area (Å²) in [4.78, 5) is 19.3. The van der Waals surface area contributed by atoms with Crippen LogP contribution in [0.5, 0.6) is 0 Å². The summed E-state index contributed by atoms with van der Waals surface area (Å²) >= 11 is 1.86. The molecule has 0 bridgehead atoms. The maximum absolute atomic E-state index is 6.47. The number of fused-ring (bicyclic) bond motifs is 8. The molecule has 10 rings (SSSR count). The summed E-state index contributed by atoms with van der Waals surface area (Å²) in [5.74, 6) is 1.77. The van der Waals surface area contributed by atoms with Crippen molar-refractivity contribution >= 4 is 64.2 Å². The van der Waals surface area contributed by atoms with Crippen molar-refractivity contribution in [3.05, 3.63) is 146 Å². The van der Waals surface area contributed by atoms with E-state index in [4.69, 9.17) is 19.4 Å². The lowest BCUT2D eigenvalue weighted by molar-refractivity contribution is 0.667. The van der Waals surface area contributed by atoms with Gasteiger partial charge in [-0.3, -0.25) is 4.98 Å². The third-order valence-electron chi connectivity index (χ3n) is 9.02. The second-order valence-electron chi connectivity index (χ2n) is 11.9. The van der Waals surface area contributed by atoms with Gasteiger partial charge in [0.05, 0.1) is 6.20 Å². The van der Waals surface area contributed by atoms with Crippen LogP contribution in [0.1, 0.15) is 0 Å². The SMILES string of the molecule is c1ccc(-c2nc(-c3ccccc3)nc(-c3cncc4oc5cc(-c6ccc7sc8c9ccccc9ccc8c7c6)ccc5c34)n2)cc1. The molecular weight excluding hydrogens is 609 g/mol. The van der Waals surface area contributed by atoms with E-state index in [2.05, 4.69) is 77.8 Å². The van der Waals surface area contributed by atoms with Crippen molar-refractivity contribution in [1.29, 1.82) is 0 Å². The quantitative estimate of drug-likeness (QED) is 0.193. The lowest BCUT2D eigenvalue weighted by Crippen LogP contribution is -2.00. The molecule has 10 aromatic rings. The molecular formula is C42H24N4OS. The third-order valence-corrected chi connectivity index (χ3v) is 10.2. The van der Waals surface area contributed by atoms with Crippen LogP contribution in [-0.2, 0) is 0 Å². The van der Waals surface area contributed by atoms with Gasteiger partial charge in [-0.2, -0.15) is 0 Å². The first kappa shape index (κ1) is 26.9. The van der Waals surface area contributed by atoms with Crippen molar-refractivity contribution in [3.63, 3.8) is 0 Å². The van der Waals surface area contributed by atoms with Gasteiger partial charge in [0.15, 0.2) is 23.1 Å². The van der Waals surface area contributed by atoms with Gasteiger partial charge in [-0.1, -0.05) is 109 Å². The van der Waals surface area contributed by atoms with Gasteiger partial charge in [0.1, 0.15) is 5.58 Å². The van der Waals surface area contributed by atoms with E-state index in [1.807, 2.05) is 78.2 Å². The maximum Gasteiger partial charge on any atom is 0.166 e. The number of rotatable bonds is 4. The number of nitrogens with zero attached hydrogens (tertiary/aromatic N) is 4. The lowest BCUT2D eigenvalue weighted by atomic mass is 10.00. The van der Waals surface area contributed by atoms with Crippen molar-refractivity contribution in [2.24, 2.45) is 0 Å². The Morgan fingerprint density at radius 3 is 1.92 bits per heavy atom. The van der Waals surface area contributed by atoms with Crippen LogP contribution in [0.2, 0.25) is 0 Å². The molecule has 0 spiro atoms. The third kappa shape index (κ3) is 4.31. The Morgan fingerprint density at radius 1 is 0.458 bits per heavy atom. The van der Waals surface area contributed by atoms with Crippen LogP contribution >= 0.6 is 11.3 Å². The number of furan rings is 1. The molecule has 48 heavy (non-hydrogen) atoms. The number of hydrogen-bond donors (Lipinski definition) is 0. The minimum atomic E-state index is 0.551. The first-order chi connectivity index (χ1) is 23.8. The standard InChI is InChI=1S/C42H24N4OS/c1-3-10-26(11-4-1)40-44-41(27-12-5-2-6-13-27)46-42(45-40)34-23-43-24-36-38(34)32-19-16-29(22-35(32)47-36)28-17-20-37-33(21-28)31-18-15-25-9-7-8-14-30(25)39(31)48-37/h1-24H. The molecule has 0 atom stereocenters. The first-order valence-corrected chi connectivity index (χ1v) is 16.6. The van der Waals surface area contributed by atoms with Gasteiger partial charge in [-0.15, -0.1) is 11.3 Å². The average molecular weight is 633 g/mol. The van der Waals surface area contributed by atoms with E-state index in [1.54, 1.807) is 6.20 Å². The van der Waals surface area contributed by atoms with Crippen molar-refractivity contribution < 1.29 is 4.42 Å². The molecule has 0 unspecified atom stereocenters. The van der Waals surface area contributed by atoms with Crippen LogP contribution < -0.4 is 0 Å². The molecule has 4 aromatic heterocycles. The van der Waals surface area contributed by atoms with Crippen LogP contribution in [-0.4, -0.2) is 19.9 Å². The summed E-state index contributed by atoms with van der Waals surface area (Å²) in [6.45, 7) is 0. The molecule has 0 saturated heterocycles. The molecule has 4 heterocycles. The minimum absolute atomic E-state index is 0.551. The normalized spacial score (nSPS) is 11.8. The fourth-order valence-corrected chi connectivity index (χ4v) is 7.91.